The predicted octanol–water partition coefficient (Wildman–Crippen LogP) is 2.30. The number of H-pyrrole nitrogens is 1. The first-order valence-corrected chi connectivity index (χ1v) is 9.84. The minimum Gasteiger partial charge on any atom is -0.262 e. The van der Waals surface area contributed by atoms with Gasteiger partial charge in [-0.3, -0.25) is 5.10 Å². The molecule has 22 heavy (non-hydrogen) atoms. The Morgan fingerprint density at radius 3 is 2.27 bits per heavy atom. The van der Waals surface area contributed by atoms with E-state index in [0.29, 0.717) is 12.2 Å². The van der Waals surface area contributed by atoms with Crippen molar-refractivity contribution < 1.29 is 8.42 Å². The number of aromatic amines is 1. The van der Waals surface area contributed by atoms with Crippen LogP contribution < -0.4 is 0 Å². The molecule has 1 N–H and O–H groups in total. The maximum atomic E-state index is 11.3. The zero-order valence-electron chi connectivity index (χ0n) is 12.0. The molecule has 2 aromatic rings. The largest absolute Gasteiger partial charge is 0.298 e. The second-order valence-electron chi connectivity index (χ2n) is 6.02. The van der Waals surface area contributed by atoms with Crippen LogP contribution in [0, 0.1) is 0 Å². The maximum absolute atomic E-state index is 11.3. The van der Waals surface area contributed by atoms with Crippen LogP contribution in [0.5, 0.6) is 0 Å². The summed E-state index contributed by atoms with van der Waals surface area (Å²) in [5.74, 6) is 0.564. The summed E-state index contributed by atoms with van der Waals surface area (Å²) in [6, 6.07) is 2.38. The molecule has 0 amide bonds. The Hall–Kier alpha value is -1.40. The number of benzene rings is 1. The van der Waals surface area contributed by atoms with Crippen LogP contribution in [0.3, 0.4) is 0 Å². The van der Waals surface area contributed by atoms with Crippen molar-refractivity contribution in [3.8, 4) is 0 Å². The molecule has 5 nitrogen and oxygen atoms in total. The van der Waals surface area contributed by atoms with E-state index >= 15 is 0 Å². The highest BCUT2D eigenvalue weighted by Gasteiger charge is 2.25. The molecule has 0 spiro atoms. The zero-order chi connectivity index (χ0) is 15.3. The van der Waals surface area contributed by atoms with E-state index in [4.69, 9.17) is 10.7 Å². The Balaban J connectivity index is 1.76. The average molecular weight is 338 g/mol. The van der Waals surface area contributed by atoms with Crippen molar-refractivity contribution in [3.05, 3.63) is 39.7 Å². The van der Waals surface area contributed by atoms with Gasteiger partial charge in [0, 0.05) is 17.1 Å². The molecule has 1 heterocycles. The van der Waals surface area contributed by atoms with Crippen molar-refractivity contribution in [1.82, 2.24) is 15.2 Å². The maximum Gasteiger partial charge on any atom is 0.298 e. The lowest BCUT2D eigenvalue weighted by Crippen LogP contribution is -2.03. The van der Waals surface area contributed by atoms with Crippen LogP contribution in [0.1, 0.15) is 46.5 Å². The van der Waals surface area contributed by atoms with Gasteiger partial charge in [-0.25, -0.2) is 13.4 Å². The number of rotatable bonds is 3. The van der Waals surface area contributed by atoms with Gasteiger partial charge in [0.2, 0.25) is 0 Å². The van der Waals surface area contributed by atoms with E-state index in [2.05, 4.69) is 21.2 Å². The van der Waals surface area contributed by atoms with Crippen LogP contribution in [0.15, 0.2) is 11.2 Å². The van der Waals surface area contributed by atoms with Gasteiger partial charge in [0.1, 0.15) is 5.82 Å². The second kappa shape index (κ2) is 5.06. The normalized spacial score (nSPS) is 16.8. The van der Waals surface area contributed by atoms with Crippen LogP contribution in [-0.4, -0.2) is 23.6 Å². The fourth-order valence-electron chi connectivity index (χ4n) is 3.78. The Morgan fingerprint density at radius 1 is 1.09 bits per heavy atom. The summed E-state index contributed by atoms with van der Waals surface area (Å²) < 4.78 is 22.6. The number of halogens is 1. The average Bonchev–Trinajstić information content (AvgIpc) is 3.16. The molecule has 1 aromatic carbocycles. The predicted molar refractivity (Wildman–Crippen MR) is 82.7 cm³/mol. The highest BCUT2D eigenvalue weighted by atomic mass is 35.7. The fraction of sp³-hybridized carbons (Fsp3) is 0.467. The number of hydrogen-bond donors (Lipinski definition) is 1. The van der Waals surface area contributed by atoms with E-state index in [0.717, 1.165) is 25.7 Å². The topological polar surface area (TPSA) is 75.7 Å². The first kappa shape index (κ1) is 14.2. The van der Waals surface area contributed by atoms with Crippen LogP contribution >= 0.6 is 10.7 Å². The van der Waals surface area contributed by atoms with Gasteiger partial charge in [-0.1, -0.05) is 6.07 Å². The number of fused-ring (bicyclic) bond motifs is 2. The smallest absolute Gasteiger partial charge is 0.262 e. The Labute approximate surface area is 133 Å². The van der Waals surface area contributed by atoms with Gasteiger partial charge < -0.3 is 0 Å². The molecule has 0 radical (unpaired) electrons. The third kappa shape index (κ3) is 2.34. The molecule has 0 bridgehead atoms. The third-order valence-corrected chi connectivity index (χ3v) is 5.70. The summed E-state index contributed by atoms with van der Waals surface area (Å²) in [4.78, 5) is 4.04. The summed E-state index contributed by atoms with van der Waals surface area (Å²) in [5.41, 5.74) is 7.12. The second-order valence-corrected chi connectivity index (χ2v) is 8.48. The number of nitrogens with zero attached hydrogens (tertiary/aromatic N) is 2. The fourth-order valence-corrected chi connectivity index (χ4v) is 4.36. The molecule has 2 aliphatic rings. The van der Waals surface area contributed by atoms with E-state index < -0.39 is 9.05 Å². The number of nitrogens with one attached hydrogen (secondary N) is 1. The van der Waals surface area contributed by atoms with Crippen molar-refractivity contribution in [2.24, 2.45) is 0 Å². The minimum atomic E-state index is -3.88. The molecule has 1 aromatic heterocycles. The van der Waals surface area contributed by atoms with Gasteiger partial charge in [0.25, 0.3) is 14.2 Å². The lowest BCUT2D eigenvalue weighted by atomic mass is 9.92. The van der Waals surface area contributed by atoms with Crippen molar-refractivity contribution in [1.29, 1.82) is 0 Å². The van der Waals surface area contributed by atoms with E-state index in [1.807, 2.05) is 0 Å². The number of aromatic nitrogens is 3. The highest BCUT2D eigenvalue weighted by Crippen LogP contribution is 2.36. The van der Waals surface area contributed by atoms with E-state index in [9.17, 15) is 8.42 Å². The number of aryl methyl sites for hydroxylation is 2. The first-order chi connectivity index (χ1) is 10.5. The molecule has 0 saturated heterocycles. The van der Waals surface area contributed by atoms with E-state index in [1.165, 1.54) is 40.7 Å². The molecule has 0 saturated carbocycles. The van der Waals surface area contributed by atoms with Gasteiger partial charge in [-0.15, -0.1) is 5.10 Å². The molecule has 0 fully saturated rings. The molecule has 116 valence electrons. The molecule has 0 atom stereocenters. The molecular weight excluding hydrogens is 322 g/mol. The summed E-state index contributed by atoms with van der Waals surface area (Å²) in [6.07, 6.45) is 7.50. The van der Waals surface area contributed by atoms with Crippen molar-refractivity contribution >= 4 is 19.7 Å². The van der Waals surface area contributed by atoms with Gasteiger partial charge in [0.05, 0.1) is 0 Å². The van der Waals surface area contributed by atoms with Crippen molar-refractivity contribution in [2.75, 3.05) is 0 Å². The van der Waals surface area contributed by atoms with Gasteiger partial charge in [-0.05, 0) is 66.3 Å². The quantitative estimate of drug-likeness (QED) is 0.872. The van der Waals surface area contributed by atoms with Crippen LogP contribution in [0.2, 0.25) is 0 Å². The highest BCUT2D eigenvalue weighted by molar-refractivity contribution is 8.13. The van der Waals surface area contributed by atoms with Gasteiger partial charge in [0.15, 0.2) is 0 Å². The summed E-state index contributed by atoms with van der Waals surface area (Å²) in [6.45, 7) is 0. The molecule has 4 rings (SSSR count). The Kier molecular flexibility index (Phi) is 3.27. The molecule has 0 unspecified atom stereocenters. The van der Waals surface area contributed by atoms with E-state index in [-0.39, 0.29) is 5.16 Å². The van der Waals surface area contributed by atoms with Crippen LogP contribution in [0.4, 0.5) is 0 Å². The van der Waals surface area contributed by atoms with Gasteiger partial charge >= 0.3 is 0 Å². The van der Waals surface area contributed by atoms with Crippen molar-refractivity contribution in [2.45, 2.75) is 50.1 Å². The Bertz CT molecular complexity index is 826. The monoisotopic (exact) mass is 337 g/mol. The third-order valence-electron chi connectivity index (χ3n) is 4.67. The molecular formula is C15H16ClN3O2S. The summed E-state index contributed by atoms with van der Waals surface area (Å²) in [5, 5.41) is 6.09. The van der Waals surface area contributed by atoms with Gasteiger partial charge in [-0.2, -0.15) is 0 Å². The molecule has 7 heteroatoms. The lowest BCUT2D eigenvalue weighted by Gasteiger charge is -2.14. The lowest BCUT2D eigenvalue weighted by molar-refractivity contribution is 0.601. The van der Waals surface area contributed by atoms with Crippen LogP contribution in [0.25, 0.3) is 0 Å². The molecule has 2 aliphatic carbocycles. The van der Waals surface area contributed by atoms with Crippen molar-refractivity contribution in [3.63, 3.8) is 0 Å². The molecule has 0 aliphatic heterocycles. The minimum absolute atomic E-state index is 0.339. The SMILES string of the molecule is O=S(=O)(Cl)c1n[nH]c(Cc2c3c(cc4c2CCC4)CCC3)n1. The van der Waals surface area contributed by atoms with Crippen LogP contribution in [-0.2, 0) is 41.2 Å². The first-order valence-electron chi connectivity index (χ1n) is 7.53. The zero-order valence-corrected chi connectivity index (χ0v) is 13.6. The van der Waals surface area contributed by atoms with E-state index in [1.54, 1.807) is 0 Å². The number of hydrogen-bond acceptors (Lipinski definition) is 4. The Morgan fingerprint density at radius 2 is 1.73 bits per heavy atom. The summed E-state index contributed by atoms with van der Waals surface area (Å²) in [7, 11) is 1.41. The standard InChI is InChI=1S/C15H16ClN3O2S/c16-22(20,21)15-17-14(18-19-15)8-13-11-5-1-3-9(11)7-10-4-2-6-12(10)13/h7H,1-6,8H2,(H,17,18,19). The summed E-state index contributed by atoms with van der Waals surface area (Å²) >= 11 is 0.